The van der Waals surface area contributed by atoms with Gasteiger partial charge in [-0.25, -0.2) is 0 Å². The maximum atomic E-state index is 10.7. The molecule has 0 fully saturated rings. The highest BCUT2D eigenvalue weighted by atomic mass is 31.1. The van der Waals surface area contributed by atoms with Gasteiger partial charge in [-0.05, 0) is 17.1 Å². The van der Waals surface area contributed by atoms with Gasteiger partial charge in [-0.1, -0.05) is 30.3 Å². The van der Waals surface area contributed by atoms with Crippen LogP contribution in [0.3, 0.4) is 0 Å². The lowest BCUT2D eigenvalue weighted by molar-refractivity contribution is 0.491. The van der Waals surface area contributed by atoms with Gasteiger partial charge in [-0.15, -0.1) is 0 Å². The van der Waals surface area contributed by atoms with Gasteiger partial charge in [-0.3, -0.25) is 0 Å². The third-order valence-corrected chi connectivity index (χ3v) is 2.69. The molecule has 0 amide bonds. The van der Waals surface area contributed by atoms with Crippen LogP contribution in [0.25, 0.3) is 0 Å². The van der Waals surface area contributed by atoms with Crippen LogP contribution in [0, 0.1) is 0 Å². The molecule has 0 radical (unpaired) electrons. The molecule has 2 unspecified atom stereocenters. The van der Waals surface area contributed by atoms with Crippen LogP contribution >= 0.6 is 8.03 Å². The summed E-state index contributed by atoms with van der Waals surface area (Å²) in [5.41, 5.74) is 0.963. The quantitative estimate of drug-likeness (QED) is 0.730. The number of benzene rings is 1. The third-order valence-electron chi connectivity index (χ3n) is 1.75. The first kappa shape index (κ1) is 9.37. The summed E-state index contributed by atoms with van der Waals surface area (Å²) in [7, 11) is -2.04. The van der Waals surface area contributed by atoms with Gasteiger partial charge in [0.05, 0.1) is 0 Å². The molecule has 0 aliphatic heterocycles. The van der Waals surface area contributed by atoms with Crippen LogP contribution in [-0.2, 0) is 11.0 Å². The first-order valence-electron chi connectivity index (χ1n) is 3.89. The number of rotatable bonds is 3. The monoisotopic (exact) mass is 183 g/mol. The molecular formula is C9H12O2P+. The van der Waals surface area contributed by atoms with E-state index in [1.54, 1.807) is 6.92 Å². The number of hydrogen-bond donors (Lipinski definition) is 1. The van der Waals surface area contributed by atoms with Crippen LogP contribution < -0.4 is 0 Å². The van der Waals surface area contributed by atoms with Crippen molar-refractivity contribution in [3.05, 3.63) is 35.9 Å². The van der Waals surface area contributed by atoms with Crippen LogP contribution in [0.5, 0.6) is 0 Å². The summed E-state index contributed by atoms with van der Waals surface area (Å²) < 4.78 is 10.7. The van der Waals surface area contributed by atoms with E-state index < -0.39 is 8.03 Å². The normalized spacial score (nSPS) is 14.0. The van der Waals surface area contributed by atoms with Gasteiger partial charge in [0.15, 0.2) is 5.66 Å². The molecule has 1 rings (SSSR count). The van der Waals surface area contributed by atoms with Crippen LogP contribution in [0.2, 0.25) is 0 Å². The molecule has 12 heavy (non-hydrogen) atoms. The van der Waals surface area contributed by atoms with Gasteiger partial charge in [0.2, 0.25) is 0 Å². The zero-order chi connectivity index (χ0) is 8.97. The second kappa shape index (κ2) is 4.34. The van der Waals surface area contributed by atoms with Crippen molar-refractivity contribution in [1.82, 2.24) is 0 Å². The molecule has 0 saturated heterocycles. The minimum absolute atomic E-state index is 0.151. The lowest BCUT2D eigenvalue weighted by atomic mass is 10.1. The molecular weight excluding hydrogens is 171 g/mol. The Balaban J connectivity index is 2.58. The molecule has 64 valence electrons. The van der Waals surface area contributed by atoms with Gasteiger partial charge in [0, 0.05) is 6.42 Å². The Kier molecular flexibility index (Phi) is 3.39. The van der Waals surface area contributed by atoms with E-state index >= 15 is 0 Å². The van der Waals surface area contributed by atoms with Gasteiger partial charge in [0.1, 0.15) is 0 Å². The molecule has 1 N–H and O–H groups in total. The van der Waals surface area contributed by atoms with Crippen LogP contribution in [0.1, 0.15) is 12.5 Å². The van der Waals surface area contributed by atoms with E-state index in [1.165, 1.54) is 0 Å². The highest BCUT2D eigenvalue weighted by molar-refractivity contribution is 7.38. The third kappa shape index (κ3) is 2.72. The van der Waals surface area contributed by atoms with E-state index in [2.05, 4.69) is 0 Å². The van der Waals surface area contributed by atoms with Crippen molar-refractivity contribution in [2.75, 3.05) is 0 Å². The van der Waals surface area contributed by atoms with Crippen LogP contribution in [0.4, 0.5) is 0 Å². The molecule has 0 bridgehead atoms. The van der Waals surface area contributed by atoms with Crippen molar-refractivity contribution in [1.29, 1.82) is 0 Å². The molecule has 0 aromatic heterocycles. The number of hydrogen-bond acceptors (Lipinski definition) is 1. The van der Waals surface area contributed by atoms with Crippen molar-refractivity contribution in [2.24, 2.45) is 0 Å². The molecule has 0 aliphatic carbocycles. The first-order valence-corrected chi connectivity index (χ1v) is 5.17. The minimum Gasteiger partial charge on any atom is -0.161 e. The molecule has 0 heterocycles. The van der Waals surface area contributed by atoms with E-state index in [1.807, 2.05) is 30.3 Å². The van der Waals surface area contributed by atoms with Crippen molar-refractivity contribution in [3.63, 3.8) is 0 Å². The Bertz CT molecular complexity index is 258. The minimum atomic E-state index is -2.04. The van der Waals surface area contributed by atoms with Gasteiger partial charge >= 0.3 is 8.03 Å². The fourth-order valence-electron chi connectivity index (χ4n) is 1.03. The average Bonchev–Trinajstić information content (AvgIpc) is 2.06. The van der Waals surface area contributed by atoms with E-state index in [-0.39, 0.29) is 5.66 Å². The van der Waals surface area contributed by atoms with E-state index in [0.717, 1.165) is 5.56 Å². The molecule has 0 spiro atoms. The summed E-state index contributed by atoms with van der Waals surface area (Å²) in [5, 5.41) is 0. The van der Waals surface area contributed by atoms with E-state index in [0.29, 0.717) is 6.42 Å². The maximum Gasteiger partial charge on any atom is 0.508 e. The molecule has 0 aliphatic rings. The van der Waals surface area contributed by atoms with Crippen molar-refractivity contribution in [2.45, 2.75) is 19.0 Å². The second-order valence-corrected chi connectivity index (χ2v) is 4.33. The van der Waals surface area contributed by atoms with E-state index in [4.69, 9.17) is 4.89 Å². The molecule has 1 aromatic carbocycles. The Labute approximate surface area is 73.1 Å². The van der Waals surface area contributed by atoms with Crippen molar-refractivity contribution >= 4 is 8.03 Å². The SMILES string of the molecule is CC(Cc1ccccc1)[P+](=O)O. The summed E-state index contributed by atoms with van der Waals surface area (Å²) in [6.07, 6.45) is 0.673. The Morgan fingerprint density at radius 2 is 2.00 bits per heavy atom. The lowest BCUT2D eigenvalue weighted by Crippen LogP contribution is -2.00. The van der Waals surface area contributed by atoms with Gasteiger partial charge < -0.3 is 0 Å². The lowest BCUT2D eigenvalue weighted by Gasteiger charge is -1.97. The zero-order valence-corrected chi connectivity index (χ0v) is 7.87. The Hall–Kier alpha value is -0.720. The topological polar surface area (TPSA) is 37.3 Å². The highest BCUT2D eigenvalue weighted by Gasteiger charge is 2.22. The molecule has 0 saturated carbocycles. The van der Waals surface area contributed by atoms with Gasteiger partial charge in [-0.2, -0.15) is 4.89 Å². The van der Waals surface area contributed by atoms with Crippen molar-refractivity contribution in [3.8, 4) is 0 Å². The maximum absolute atomic E-state index is 10.7. The molecule has 2 atom stereocenters. The smallest absolute Gasteiger partial charge is 0.161 e. The first-order chi connectivity index (χ1) is 5.70. The summed E-state index contributed by atoms with van der Waals surface area (Å²) >= 11 is 0. The summed E-state index contributed by atoms with van der Waals surface area (Å²) in [6, 6.07) is 9.75. The predicted octanol–water partition coefficient (Wildman–Crippen LogP) is 2.35. The zero-order valence-electron chi connectivity index (χ0n) is 6.97. The fraction of sp³-hybridized carbons (Fsp3) is 0.333. The van der Waals surface area contributed by atoms with Crippen molar-refractivity contribution < 1.29 is 9.46 Å². The van der Waals surface area contributed by atoms with Gasteiger partial charge in [0.25, 0.3) is 0 Å². The highest BCUT2D eigenvalue weighted by Crippen LogP contribution is 2.24. The van der Waals surface area contributed by atoms with E-state index in [9.17, 15) is 4.57 Å². The Morgan fingerprint density at radius 1 is 1.42 bits per heavy atom. The summed E-state index contributed by atoms with van der Waals surface area (Å²) in [5.74, 6) is 0. The van der Waals surface area contributed by atoms with Crippen LogP contribution in [-0.4, -0.2) is 10.6 Å². The summed E-state index contributed by atoms with van der Waals surface area (Å²) in [4.78, 5) is 8.79. The predicted molar refractivity (Wildman–Crippen MR) is 49.4 cm³/mol. The average molecular weight is 183 g/mol. The Morgan fingerprint density at radius 3 is 2.50 bits per heavy atom. The second-order valence-electron chi connectivity index (χ2n) is 2.84. The molecule has 2 nitrogen and oxygen atoms in total. The largest absolute Gasteiger partial charge is 0.508 e. The molecule has 1 aromatic rings. The summed E-state index contributed by atoms with van der Waals surface area (Å²) in [6.45, 7) is 1.78. The van der Waals surface area contributed by atoms with Crippen LogP contribution in [0.15, 0.2) is 30.3 Å². The fourth-order valence-corrected chi connectivity index (χ4v) is 1.40. The standard InChI is InChI=1S/C9H11O2P/c1-8(12(10)11)7-9-5-3-2-4-6-9/h2-6,8H,7H2,1H3/p+1. The molecule has 3 heteroatoms.